The van der Waals surface area contributed by atoms with E-state index >= 15 is 0 Å². The predicted octanol–water partition coefficient (Wildman–Crippen LogP) is 2.26. The average Bonchev–Trinajstić information content (AvgIpc) is 2.39. The first-order valence-corrected chi connectivity index (χ1v) is 5.63. The molecule has 2 N–H and O–H groups in total. The van der Waals surface area contributed by atoms with Crippen LogP contribution >= 0.6 is 0 Å². The van der Waals surface area contributed by atoms with Gasteiger partial charge in [0.25, 0.3) is 0 Å². The summed E-state index contributed by atoms with van der Waals surface area (Å²) in [6.07, 6.45) is 2.61. The zero-order chi connectivity index (χ0) is 12.1. The minimum absolute atomic E-state index is 0.613. The fourth-order valence-corrected chi connectivity index (χ4v) is 1.81. The van der Waals surface area contributed by atoms with Crippen LogP contribution in [0.3, 0.4) is 0 Å². The Morgan fingerprint density at radius 2 is 2.06 bits per heavy atom. The molecule has 0 fully saturated rings. The number of nitrogens with zero attached hydrogens (tertiary/aromatic N) is 1. The molecule has 3 nitrogen and oxygen atoms in total. The van der Waals surface area contributed by atoms with Gasteiger partial charge in [-0.1, -0.05) is 18.2 Å². The van der Waals surface area contributed by atoms with Crippen molar-refractivity contribution >= 4 is 0 Å². The number of hydrogen-bond acceptors (Lipinski definition) is 3. The molecule has 2 rings (SSSR count). The summed E-state index contributed by atoms with van der Waals surface area (Å²) in [5, 5.41) is 0. The van der Waals surface area contributed by atoms with E-state index in [1.807, 2.05) is 36.5 Å². The van der Waals surface area contributed by atoms with Gasteiger partial charge in [-0.2, -0.15) is 0 Å². The molecule has 0 aliphatic heterocycles. The molecule has 0 aliphatic carbocycles. The van der Waals surface area contributed by atoms with Crippen molar-refractivity contribution in [1.29, 1.82) is 0 Å². The number of aromatic nitrogens is 1. The minimum Gasteiger partial charge on any atom is -0.496 e. The van der Waals surface area contributed by atoms with Crippen molar-refractivity contribution in [3.05, 3.63) is 48.3 Å². The molecule has 0 unspecified atom stereocenters. The van der Waals surface area contributed by atoms with Crippen molar-refractivity contribution in [1.82, 2.24) is 4.98 Å². The molecule has 0 amide bonds. The number of nitrogens with two attached hydrogens (primary N) is 1. The molecule has 0 bridgehead atoms. The quantitative estimate of drug-likeness (QED) is 0.873. The van der Waals surface area contributed by atoms with Gasteiger partial charge in [0.1, 0.15) is 5.75 Å². The molecule has 0 atom stereocenters. The Morgan fingerprint density at radius 1 is 1.24 bits per heavy atom. The number of para-hydroxylation sites is 1. The van der Waals surface area contributed by atoms with Crippen molar-refractivity contribution in [3.8, 4) is 16.9 Å². The smallest absolute Gasteiger partial charge is 0.126 e. The van der Waals surface area contributed by atoms with Gasteiger partial charge in [-0.3, -0.25) is 4.98 Å². The van der Waals surface area contributed by atoms with Gasteiger partial charge < -0.3 is 10.5 Å². The Labute approximate surface area is 101 Å². The van der Waals surface area contributed by atoms with E-state index in [4.69, 9.17) is 10.5 Å². The zero-order valence-corrected chi connectivity index (χ0v) is 9.89. The predicted molar refractivity (Wildman–Crippen MR) is 69.0 cm³/mol. The van der Waals surface area contributed by atoms with Crippen LogP contribution in [0.5, 0.6) is 5.75 Å². The molecule has 88 valence electrons. The minimum atomic E-state index is 0.613. The van der Waals surface area contributed by atoms with Crippen LogP contribution in [-0.2, 0) is 6.42 Å². The lowest BCUT2D eigenvalue weighted by Crippen LogP contribution is -2.04. The monoisotopic (exact) mass is 228 g/mol. The normalized spacial score (nSPS) is 10.2. The molecule has 1 aromatic carbocycles. The fourth-order valence-electron chi connectivity index (χ4n) is 1.81. The van der Waals surface area contributed by atoms with E-state index in [1.165, 1.54) is 0 Å². The van der Waals surface area contributed by atoms with Crippen LogP contribution in [-0.4, -0.2) is 18.6 Å². The van der Waals surface area contributed by atoms with Crippen LogP contribution in [0, 0.1) is 0 Å². The van der Waals surface area contributed by atoms with E-state index in [1.54, 1.807) is 7.11 Å². The second kappa shape index (κ2) is 5.46. The summed E-state index contributed by atoms with van der Waals surface area (Å²) in [6.45, 7) is 0.613. The largest absolute Gasteiger partial charge is 0.496 e. The molecule has 0 radical (unpaired) electrons. The maximum atomic E-state index is 5.54. The number of rotatable bonds is 4. The Kier molecular flexibility index (Phi) is 3.73. The highest BCUT2D eigenvalue weighted by Gasteiger charge is 2.05. The first-order chi connectivity index (χ1) is 8.35. The highest BCUT2D eigenvalue weighted by molar-refractivity contribution is 5.70. The molecule has 0 saturated heterocycles. The van der Waals surface area contributed by atoms with Crippen LogP contribution in [0.4, 0.5) is 0 Å². The Morgan fingerprint density at radius 3 is 2.82 bits per heavy atom. The highest BCUT2D eigenvalue weighted by Crippen LogP contribution is 2.29. The van der Waals surface area contributed by atoms with Gasteiger partial charge in [0.05, 0.1) is 7.11 Å². The molecule has 17 heavy (non-hydrogen) atoms. The number of benzene rings is 1. The second-order valence-corrected chi connectivity index (χ2v) is 3.77. The maximum Gasteiger partial charge on any atom is 0.126 e. The molecule has 0 saturated carbocycles. The van der Waals surface area contributed by atoms with E-state index < -0.39 is 0 Å². The van der Waals surface area contributed by atoms with Gasteiger partial charge in [0, 0.05) is 23.9 Å². The number of methoxy groups -OCH3 is 1. The number of hydrogen-bond donors (Lipinski definition) is 1. The standard InChI is InChI=1S/C14H16N2O/c1-17-14-5-3-2-4-13(14)11-7-9-16-12(10-11)6-8-15/h2-5,7,9-10H,6,8,15H2,1H3. The van der Waals surface area contributed by atoms with Crippen molar-refractivity contribution < 1.29 is 4.74 Å². The van der Waals surface area contributed by atoms with Crippen molar-refractivity contribution in [3.63, 3.8) is 0 Å². The van der Waals surface area contributed by atoms with Gasteiger partial charge in [0.2, 0.25) is 0 Å². The molecular formula is C14H16N2O. The van der Waals surface area contributed by atoms with Crippen LogP contribution in [0.2, 0.25) is 0 Å². The first-order valence-electron chi connectivity index (χ1n) is 5.63. The van der Waals surface area contributed by atoms with E-state index in [-0.39, 0.29) is 0 Å². The third-order valence-electron chi connectivity index (χ3n) is 2.64. The van der Waals surface area contributed by atoms with Gasteiger partial charge >= 0.3 is 0 Å². The van der Waals surface area contributed by atoms with E-state index in [2.05, 4.69) is 11.1 Å². The van der Waals surface area contributed by atoms with E-state index in [9.17, 15) is 0 Å². The van der Waals surface area contributed by atoms with Crippen molar-refractivity contribution in [2.75, 3.05) is 13.7 Å². The molecular weight excluding hydrogens is 212 g/mol. The van der Waals surface area contributed by atoms with Gasteiger partial charge in [-0.15, -0.1) is 0 Å². The van der Waals surface area contributed by atoms with Crippen LogP contribution in [0.15, 0.2) is 42.6 Å². The molecule has 0 spiro atoms. The fraction of sp³-hybridized carbons (Fsp3) is 0.214. The maximum absolute atomic E-state index is 5.54. The van der Waals surface area contributed by atoms with Crippen molar-refractivity contribution in [2.24, 2.45) is 5.73 Å². The lowest BCUT2D eigenvalue weighted by atomic mass is 10.0. The van der Waals surface area contributed by atoms with E-state index in [0.29, 0.717) is 6.54 Å². The number of pyridine rings is 1. The lowest BCUT2D eigenvalue weighted by molar-refractivity contribution is 0.416. The third kappa shape index (κ3) is 2.63. The second-order valence-electron chi connectivity index (χ2n) is 3.77. The SMILES string of the molecule is COc1ccccc1-c1ccnc(CCN)c1. The van der Waals surface area contributed by atoms with Gasteiger partial charge in [-0.05, 0) is 30.3 Å². The third-order valence-corrected chi connectivity index (χ3v) is 2.64. The zero-order valence-electron chi connectivity index (χ0n) is 9.89. The topological polar surface area (TPSA) is 48.1 Å². The summed E-state index contributed by atoms with van der Waals surface area (Å²) in [5.41, 5.74) is 8.74. The summed E-state index contributed by atoms with van der Waals surface area (Å²) >= 11 is 0. The average molecular weight is 228 g/mol. The Hall–Kier alpha value is -1.87. The summed E-state index contributed by atoms with van der Waals surface area (Å²) in [7, 11) is 1.68. The van der Waals surface area contributed by atoms with Crippen LogP contribution in [0.1, 0.15) is 5.69 Å². The summed E-state index contributed by atoms with van der Waals surface area (Å²) < 4.78 is 5.35. The highest BCUT2D eigenvalue weighted by atomic mass is 16.5. The van der Waals surface area contributed by atoms with Crippen LogP contribution < -0.4 is 10.5 Å². The molecule has 0 aliphatic rings. The lowest BCUT2D eigenvalue weighted by Gasteiger charge is -2.09. The summed E-state index contributed by atoms with van der Waals surface area (Å²) in [6, 6.07) is 12.0. The summed E-state index contributed by atoms with van der Waals surface area (Å²) in [5.74, 6) is 0.873. The molecule has 2 aromatic rings. The van der Waals surface area contributed by atoms with E-state index in [0.717, 1.165) is 29.0 Å². The Balaban J connectivity index is 2.41. The number of ether oxygens (including phenoxy) is 1. The summed E-state index contributed by atoms with van der Waals surface area (Å²) in [4.78, 5) is 4.29. The first kappa shape index (κ1) is 11.6. The van der Waals surface area contributed by atoms with Gasteiger partial charge in [-0.25, -0.2) is 0 Å². The molecule has 3 heteroatoms. The van der Waals surface area contributed by atoms with Gasteiger partial charge in [0.15, 0.2) is 0 Å². The molecule has 1 heterocycles. The van der Waals surface area contributed by atoms with Crippen molar-refractivity contribution in [2.45, 2.75) is 6.42 Å². The molecule has 1 aromatic heterocycles. The van der Waals surface area contributed by atoms with Crippen LogP contribution in [0.25, 0.3) is 11.1 Å². The Bertz CT molecular complexity index is 497.